The maximum atomic E-state index is 13.1. The second kappa shape index (κ2) is 11.0. The molecule has 0 radical (unpaired) electrons. The number of amides is 3. The zero-order valence-corrected chi connectivity index (χ0v) is 17.8. The number of hydrogen-bond donors (Lipinski definition) is 5. The predicted molar refractivity (Wildman–Crippen MR) is 125 cm³/mol. The van der Waals surface area contributed by atoms with Crippen molar-refractivity contribution in [1.29, 1.82) is 0 Å². The van der Waals surface area contributed by atoms with Gasteiger partial charge < -0.3 is 26.8 Å². The van der Waals surface area contributed by atoms with Crippen LogP contribution in [0.3, 0.4) is 0 Å². The fourth-order valence-corrected chi connectivity index (χ4v) is 3.38. The van der Waals surface area contributed by atoms with Crippen LogP contribution in [0, 0.1) is 0 Å². The molecule has 0 spiro atoms. The molecule has 7 heteroatoms. The zero-order valence-electron chi connectivity index (χ0n) is 17.8. The Balaban J connectivity index is 1.47. The maximum Gasteiger partial charge on any atom is 0.319 e. The highest BCUT2D eigenvalue weighted by molar-refractivity contribution is 5.91. The average Bonchev–Trinajstić information content (AvgIpc) is 2.81. The van der Waals surface area contributed by atoms with E-state index in [0.717, 1.165) is 0 Å². The minimum atomic E-state index is -1.29. The molecule has 3 aromatic carbocycles. The van der Waals surface area contributed by atoms with E-state index in [1.807, 2.05) is 60.7 Å². The Hall–Kier alpha value is -3.84. The standard InChI is InChI=1S/C25H28N4O3/c26-25(19-10-3-1-4-11-19,20-12-5-2-6-13-20)23(31)27-16-7-8-17-28-24(32)29-21-14-9-15-22(30)18-21/h1-6,9-15,18,30H,7-8,16-17,26H2,(H,27,31)(H2,28,29,32). The van der Waals surface area contributed by atoms with Gasteiger partial charge in [-0.1, -0.05) is 66.7 Å². The van der Waals surface area contributed by atoms with Crippen molar-refractivity contribution >= 4 is 17.6 Å². The van der Waals surface area contributed by atoms with Crippen LogP contribution in [0.1, 0.15) is 24.0 Å². The number of phenols is 1. The van der Waals surface area contributed by atoms with E-state index in [1.165, 1.54) is 12.1 Å². The second-order valence-electron chi connectivity index (χ2n) is 7.43. The molecule has 0 unspecified atom stereocenters. The number of nitrogens with two attached hydrogens (primary N) is 1. The minimum absolute atomic E-state index is 0.0838. The molecule has 3 aromatic rings. The number of hydrogen-bond acceptors (Lipinski definition) is 4. The van der Waals surface area contributed by atoms with Crippen LogP contribution in [0.4, 0.5) is 10.5 Å². The van der Waals surface area contributed by atoms with Gasteiger partial charge in [-0.3, -0.25) is 4.79 Å². The fourth-order valence-electron chi connectivity index (χ4n) is 3.38. The van der Waals surface area contributed by atoms with Gasteiger partial charge in [0.15, 0.2) is 0 Å². The van der Waals surface area contributed by atoms with E-state index >= 15 is 0 Å². The summed E-state index contributed by atoms with van der Waals surface area (Å²) in [5.41, 5.74) is 7.31. The van der Waals surface area contributed by atoms with Gasteiger partial charge in [0, 0.05) is 24.8 Å². The summed E-state index contributed by atoms with van der Waals surface area (Å²) in [6.45, 7) is 0.888. The van der Waals surface area contributed by atoms with Gasteiger partial charge in [0.05, 0.1) is 0 Å². The molecule has 0 atom stereocenters. The van der Waals surface area contributed by atoms with Gasteiger partial charge in [-0.15, -0.1) is 0 Å². The molecule has 166 valence electrons. The average molecular weight is 433 g/mol. The summed E-state index contributed by atoms with van der Waals surface area (Å²) in [6.07, 6.45) is 1.36. The summed E-state index contributed by atoms with van der Waals surface area (Å²) in [4.78, 5) is 25.0. The number of benzene rings is 3. The highest BCUT2D eigenvalue weighted by Crippen LogP contribution is 2.27. The highest BCUT2D eigenvalue weighted by Gasteiger charge is 2.37. The molecular formula is C25H28N4O3. The molecule has 0 bridgehead atoms. The first-order chi connectivity index (χ1) is 15.5. The number of aromatic hydroxyl groups is 1. The van der Waals surface area contributed by atoms with Crippen LogP contribution in [0.25, 0.3) is 0 Å². The molecule has 0 aliphatic rings. The molecule has 32 heavy (non-hydrogen) atoms. The smallest absolute Gasteiger partial charge is 0.319 e. The molecule has 0 fully saturated rings. The Morgan fingerprint density at radius 1 is 0.781 bits per heavy atom. The normalized spacial score (nSPS) is 10.9. The number of phenolic OH excluding ortho intramolecular Hbond substituents is 1. The van der Waals surface area contributed by atoms with Crippen molar-refractivity contribution in [2.45, 2.75) is 18.4 Å². The molecule has 0 saturated heterocycles. The van der Waals surface area contributed by atoms with Crippen molar-refractivity contribution in [2.24, 2.45) is 5.73 Å². The van der Waals surface area contributed by atoms with Gasteiger partial charge in [-0.05, 0) is 36.1 Å². The summed E-state index contributed by atoms with van der Waals surface area (Å²) >= 11 is 0. The summed E-state index contributed by atoms with van der Waals surface area (Å²) < 4.78 is 0. The quantitative estimate of drug-likeness (QED) is 0.334. The SMILES string of the molecule is NC(C(=O)NCCCCNC(=O)Nc1cccc(O)c1)(c1ccccc1)c1ccccc1. The number of rotatable bonds is 9. The highest BCUT2D eigenvalue weighted by atomic mass is 16.3. The van der Waals surface area contributed by atoms with E-state index in [0.29, 0.717) is 42.7 Å². The van der Waals surface area contributed by atoms with Gasteiger partial charge in [-0.2, -0.15) is 0 Å². The Bertz CT molecular complexity index is 986. The molecule has 7 nitrogen and oxygen atoms in total. The predicted octanol–water partition coefficient (Wildman–Crippen LogP) is 3.31. The second-order valence-corrected chi connectivity index (χ2v) is 7.43. The van der Waals surface area contributed by atoms with E-state index in [2.05, 4.69) is 16.0 Å². The van der Waals surface area contributed by atoms with Crippen molar-refractivity contribution < 1.29 is 14.7 Å². The van der Waals surface area contributed by atoms with Crippen molar-refractivity contribution in [3.63, 3.8) is 0 Å². The molecule has 0 heterocycles. The summed E-state index contributed by atoms with van der Waals surface area (Å²) in [5, 5.41) is 17.8. The van der Waals surface area contributed by atoms with E-state index in [4.69, 9.17) is 5.73 Å². The van der Waals surface area contributed by atoms with Crippen LogP contribution in [-0.2, 0) is 10.3 Å². The Morgan fingerprint density at radius 2 is 1.34 bits per heavy atom. The van der Waals surface area contributed by atoms with Crippen LogP contribution in [0.5, 0.6) is 5.75 Å². The Morgan fingerprint density at radius 3 is 1.91 bits per heavy atom. The zero-order chi connectivity index (χ0) is 22.8. The lowest BCUT2D eigenvalue weighted by Crippen LogP contribution is -2.52. The topological polar surface area (TPSA) is 116 Å². The molecule has 0 aliphatic heterocycles. The van der Waals surface area contributed by atoms with E-state index < -0.39 is 5.54 Å². The lowest BCUT2D eigenvalue weighted by molar-refractivity contribution is -0.125. The molecule has 0 aromatic heterocycles. The number of nitrogens with one attached hydrogen (secondary N) is 3. The van der Waals surface area contributed by atoms with E-state index in [1.54, 1.807) is 12.1 Å². The molecule has 3 rings (SSSR count). The van der Waals surface area contributed by atoms with Crippen LogP contribution in [0.15, 0.2) is 84.9 Å². The van der Waals surface area contributed by atoms with E-state index in [9.17, 15) is 14.7 Å². The van der Waals surface area contributed by atoms with Gasteiger partial charge in [0.2, 0.25) is 5.91 Å². The summed E-state index contributed by atoms with van der Waals surface area (Å²) in [7, 11) is 0. The fraction of sp³-hybridized carbons (Fsp3) is 0.200. The molecule has 3 amide bonds. The van der Waals surface area contributed by atoms with Crippen molar-refractivity contribution in [3.05, 3.63) is 96.1 Å². The molecule has 0 saturated carbocycles. The van der Waals surface area contributed by atoms with Crippen LogP contribution >= 0.6 is 0 Å². The third kappa shape index (κ3) is 5.86. The van der Waals surface area contributed by atoms with Crippen molar-refractivity contribution in [2.75, 3.05) is 18.4 Å². The Kier molecular flexibility index (Phi) is 7.83. The third-order valence-corrected chi connectivity index (χ3v) is 5.10. The number of carbonyl (C=O) groups is 2. The third-order valence-electron chi connectivity index (χ3n) is 5.10. The van der Waals surface area contributed by atoms with Crippen LogP contribution in [0.2, 0.25) is 0 Å². The summed E-state index contributed by atoms with van der Waals surface area (Å²) in [5.74, 6) is -0.190. The number of carbonyl (C=O) groups excluding carboxylic acids is 2. The number of anilines is 1. The van der Waals surface area contributed by atoms with Gasteiger partial charge in [0.1, 0.15) is 11.3 Å². The van der Waals surface area contributed by atoms with E-state index in [-0.39, 0.29) is 17.7 Å². The largest absolute Gasteiger partial charge is 0.508 e. The first kappa shape index (κ1) is 22.8. The van der Waals surface area contributed by atoms with Gasteiger partial charge >= 0.3 is 6.03 Å². The molecular weight excluding hydrogens is 404 g/mol. The first-order valence-corrected chi connectivity index (χ1v) is 10.5. The van der Waals surface area contributed by atoms with Crippen molar-refractivity contribution in [3.8, 4) is 5.75 Å². The number of urea groups is 1. The van der Waals surface area contributed by atoms with Crippen molar-refractivity contribution in [1.82, 2.24) is 10.6 Å². The minimum Gasteiger partial charge on any atom is -0.508 e. The van der Waals surface area contributed by atoms with Gasteiger partial charge in [0.25, 0.3) is 0 Å². The lowest BCUT2D eigenvalue weighted by atomic mass is 9.83. The number of unbranched alkanes of at least 4 members (excludes halogenated alkanes) is 1. The monoisotopic (exact) mass is 432 g/mol. The summed E-state index contributed by atoms with van der Waals surface area (Å²) in [6, 6.07) is 24.6. The first-order valence-electron chi connectivity index (χ1n) is 10.5. The Labute approximate surface area is 187 Å². The molecule has 6 N–H and O–H groups in total. The van der Waals surface area contributed by atoms with Gasteiger partial charge in [-0.25, -0.2) is 4.79 Å². The van der Waals surface area contributed by atoms with Crippen LogP contribution in [-0.4, -0.2) is 30.1 Å². The molecule has 0 aliphatic carbocycles. The maximum absolute atomic E-state index is 13.1. The van der Waals surface area contributed by atoms with Crippen LogP contribution < -0.4 is 21.7 Å². The lowest BCUT2D eigenvalue weighted by Gasteiger charge is -2.29.